The molecule has 0 spiro atoms. The fraction of sp³-hybridized carbons (Fsp3) is 0.250. The summed E-state index contributed by atoms with van der Waals surface area (Å²) in [5.74, 6) is 0.506. The summed E-state index contributed by atoms with van der Waals surface area (Å²) >= 11 is 1.58. The number of aliphatic hydroxyl groups excluding tert-OH is 1. The Balaban J connectivity index is 2.11. The molecule has 0 unspecified atom stereocenters. The lowest BCUT2D eigenvalue weighted by Crippen LogP contribution is -1.88. The molecule has 0 aliphatic heterocycles. The van der Waals surface area contributed by atoms with Crippen LogP contribution in [0.4, 0.5) is 4.39 Å². The minimum absolute atomic E-state index is 0.130. The molecular weight excluding hydrogens is 259 g/mol. The third-order valence-corrected chi connectivity index (χ3v) is 3.85. The highest BCUT2D eigenvalue weighted by Gasteiger charge is 2.03. The van der Waals surface area contributed by atoms with Crippen LogP contribution in [0.1, 0.15) is 22.3 Å². The molecule has 3 heteroatoms. The van der Waals surface area contributed by atoms with Gasteiger partial charge in [-0.15, -0.1) is 11.8 Å². The SMILES string of the molecule is Cc1cc(C)cc(CSc2cc(F)cc(CO)c2)c1. The normalized spacial score (nSPS) is 10.7. The molecule has 0 radical (unpaired) electrons. The van der Waals surface area contributed by atoms with Gasteiger partial charge in [0.25, 0.3) is 0 Å². The van der Waals surface area contributed by atoms with Gasteiger partial charge in [0.05, 0.1) is 6.61 Å². The van der Waals surface area contributed by atoms with Crippen LogP contribution < -0.4 is 0 Å². The first-order valence-electron chi connectivity index (χ1n) is 6.17. The van der Waals surface area contributed by atoms with Crippen molar-refractivity contribution < 1.29 is 9.50 Å². The van der Waals surface area contributed by atoms with E-state index in [1.54, 1.807) is 11.8 Å². The molecule has 0 saturated heterocycles. The molecule has 0 heterocycles. The van der Waals surface area contributed by atoms with E-state index in [2.05, 4.69) is 32.0 Å². The first-order valence-corrected chi connectivity index (χ1v) is 7.15. The van der Waals surface area contributed by atoms with Gasteiger partial charge in [-0.1, -0.05) is 29.3 Å². The van der Waals surface area contributed by atoms with Crippen LogP contribution in [-0.4, -0.2) is 5.11 Å². The van der Waals surface area contributed by atoms with Crippen molar-refractivity contribution >= 4 is 11.8 Å². The molecule has 0 aliphatic carbocycles. The van der Waals surface area contributed by atoms with Gasteiger partial charge >= 0.3 is 0 Å². The molecule has 100 valence electrons. The third kappa shape index (κ3) is 4.08. The van der Waals surface area contributed by atoms with E-state index in [4.69, 9.17) is 5.11 Å². The maximum atomic E-state index is 13.3. The second kappa shape index (κ2) is 6.22. The predicted octanol–water partition coefficient (Wildman–Crippen LogP) is 4.23. The molecule has 1 nitrogen and oxygen atoms in total. The number of hydrogen-bond acceptors (Lipinski definition) is 2. The highest BCUT2D eigenvalue weighted by molar-refractivity contribution is 7.98. The van der Waals surface area contributed by atoms with Gasteiger partial charge in [0, 0.05) is 10.6 Å². The zero-order chi connectivity index (χ0) is 13.8. The summed E-state index contributed by atoms with van der Waals surface area (Å²) in [6, 6.07) is 11.1. The Morgan fingerprint density at radius 1 is 0.947 bits per heavy atom. The predicted molar refractivity (Wildman–Crippen MR) is 77.8 cm³/mol. The number of aryl methyl sites for hydroxylation is 2. The van der Waals surface area contributed by atoms with Crippen LogP contribution in [0.15, 0.2) is 41.3 Å². The minimum Gasteiger partial charge on any atom is -0.392 e. The molecule has 0 bridgehead atoms. The van der Waals surface area contributed by atoms with E-state index in [9.17, 15) is 4.39 Å². The van der Waals surface area contributed by atoms with Crippen molar-refractivity contribution in [3.8, 4) is 0 Å². The maximum absolute atomic E-state index is 13.3. The van der Waals surface area contributed by atoms with Crippen molar-refractivity contribution in [2.75, 3.05) is 0 Å². The van der Waals surface area contributed by atoms with Gasteiger partial charge in [-0.2, -0.15) is 0 Å². The van der Waals surface area contributed by atoms with Crippen LogP contribution in [0, 0.1) is 19.7 Å². The topological polar surface area (TPSA) is 20.2 Å². The van der Waals surface area contributed by atoms with Crippen molar-refractivity contribution in [3.63, 3.8) is 0 Å². The minimum atomic E-state index is -0.297. The number of benzene rings is 2. The lowest BCUT2D eigenvalue weighted by Gasteiger charge is -2.07. The number of aliphatic hydroxyl groups is 1. The van der Waals surface area contributed by atoms with Crippen LogP contribution in [0.2, 0.25) is 0 Å². The number of thioether (sulfide) groups is 1. The summed E-state index contributed by atoms with van der Waals surface area (Å²) in [6.07, 6.45) is 0. The number of hydrogen-bond donors (Lipinski definition) is 1. The second-order valence-electron chi connectivity index (χ2n) is 4.74. The molecule has 0 fully saturated rings. The van der Waals surface area contributed by atoms with Crippen molar-refractivity contribution in [1.29, 1.82) is 0 Å². The van der Waals surface area contributed by atoms with Crippen molar-refractivity contribution in [3.05, 3.63) is 64.5 Å². The fourth-order valence-electron chi connectivity index (χ4n) is 2.11. The smallest absolute Gasteiger partial charge is 0.124 e. The fourth-order valence-corrected chi connectivity index (χ4v) is 3.04. The van der Waals surface area contributed by atoms with Crippen LogP contribution in [0.25, 0.3) is 0 Å². The summed E-state index contributed by atoms with van der Waals surface area (Å²) in [4.78, 5) is 0.850. The molecule has 0 aliphatic rings. The molecule has 2 aromatic rings. The van der Waals surface area contributed by atoms with E-state index in [0.717, 1.165) is 10.6 Å². The molecule has 2 aromatic carbocycles. The van der Waals surface area contributed by atoms with Crippen LogP contribution in [-0.2, 0) is 12.4 Å². The molecular formula is C16H17FOS. The average Bonchev–Trinajstić information content (AvgIpc) is 2.34. The zero-order valence-corrected chi connectivity index (χ0v) is 11.9. The first kappa shape index (κ1) is 14.1. The van der Waals surface area contributed by atoms with Gasteiger partial charge in [-0.25, -0.2) is 4.39 Å². The second-order valence-corrected chi connectivity index (χ2v) is 5.79. The monoisotopic (exact) mass is 276 g/mol. The summed E-state index contributed by atoms with van der Waals surface area (Å²) < 4.78 is 13.3. The molecule has 19 heavy (non-hydrogen) atoms. The Bertz CT molecular complexity index is 561. The summed E-state index contributed by atoms with van der Waals surface area (Å²) in [6.45, 7) is 4.02. The van der Waals surface area contributed by atoms with E-state index >= 15 is 0 Å². The van der Waals surface area contributed by atoms with Gasteiger partial charge in [0.2, 0.25) is 0 Å². The summed E-state index contributed by atoms with van der Waals surface area (Å²) in [7, 11) is 0. The third-order valence-electron chi connectivity index (χ3n) is 2.80. The number of rotatable bonds is 4. The van der Waals surface area contributed by atoms with E-state index in [-0.39, 0.29) is 12.4 Å². The average molecular weight is 276 g/mol. The summed E-state index contributed by atoms with van der Waals surface area (Å²) in [5, 5.41) is 9.07. The summed E-state index contributed by atoms with van der Waals surface area (Å²) in [5.41, 5.74) is 4.33. The molecule has 2 rings (SSSR count). The van der Waals surface area contributed by atoms with E-state index in [1.165, 1.54) is 28.8 Å². The van der Waals surface area contributed by atoms with Gasteiger partial charge in [-0.3, -0.25) is 0 Å². The highest BCUT2D eigenvalue weighted by atomic mass is 32.2. The van der Waals surface area contributed by atoms with Crippen LogP contribution in [0.5, 0.6) is 0 Å². The van der Waals surface area contributed by atoms with E-state index in [1.807, 2.05) is 6.07 Å². The first-order chi connectivity index (χ1) is 9.06. The number of halogens is 1. The van der Waals surface area contributed by atoms with Crippen LogP contribution in [0.3, 0.4) is 0 Å². The Morgan fingerprint density at radius 2 is 1.63 bits per heavy atom. The van der Waals surface area contributed by atoms with Crippen molar-refractivity contribution in [2.24, 2.45) is 0 Å². The molecule has 0 aromatic heterocycles. The van der Waals surface area contributed by atoms with E-state index in [0.29, 0.717) is 5.56 Å². The Morgan fingerprint density at radius 3 is 2.26 bits per heavy atom. The van der Waals surface area contributed by atoms with Gasteiger partial charge in [-0.05, 0) is 43.2 Å². The molecule has 0 saturated carbocycles. The Hall–Kier alpha value is -1.32. The van der Waals surface area contributed by atoms with Crippen LogP contribution >= 0.6 is 11.8 Å². The highest BCUT2D eigenvalue weighted by Crippen LogP contribution is 2.25. The molecule has 0 amide bonds. The van der Waals surface area contributed by atoms with Crippen molar-refractivity contribution in [1.82, 2.24) is 0 Å². The standard InChI is InChI=1S/C16H17FOS/c1-11-3-12(2)5-14(4-11)10-19-16-7-13(9-18)6-15(17)8-16/h3-8,18H,9-10H2,1-2H3. The Labute approximate surface area is 117 Å². The largest absolute Gasteiger partial charge is 0.392 e. The lowest BCUT2D eigenvalue weighted by molar-refractivity contribution is 0.281. The van der Waals surface area contributed by atoms with E-state index < -0.39 is 0 Å². The quantitative estimate of drug-likeness (QED) is 0.843. The van der Waals surface area contributed by atoms with Crippen molar-refractivity contribution in [2.45, 2.75) is 31.1 Å². The van der Waals surface area contributed by atoms with Gasteiger partial charge in [0.1, 0.15) is 5.82 Å². The Kier molecular flexibility index (Phi) is 4.61. The maximum Gasteiger partial charge on any atom is 0.124 e. The zero-order valence-electron chi connectivity index (χ0n) is 11.1. The van der Waals surface area contributed by atoms with Gasteiger partial charge < -0.3 is 5.11 Å². The lowest BCUT2D eigenvalue weighted by atomic mass is 10.1. The molecule has 0 atom stereocenters. The van der Waals surface area contributed by atoms with Gasteiger partial charge in [0.15, 0.2) is 0 Å². The molecule has 1 N–H and O–H groups in total.